The topological polar surface area (TPSA) is 103 Å². The Morgan fingerprint density at radius 3 is 2.86 bits per heavy atom. The summed E-state index contributed by atoms with van der Waals surface area (Å²) >= 11 is 2.44. The first-order valence-electron chi connectivity index (χ1n) is 11.6. The second kappa shape index (κ2) is 10.2. The van der Waals surface area contributed by atoms with E-state index in [4.69, 9.17) is 4.74 Å². The van der Waals surface area contributed by atoms with Crippen LogP contribution >= 0.6 is 22.7 Å². The van der Waals surface area contributed by atoms with E-state index in [9.17, 15) is 14.4 Å². The van der Waals surface area contributed by atoms with Gasteiger partial charge in [-0.25, -0.2) is 14.8 Å². The Bertz CT molecular complexity index is 1550. The fourth-order valence-electron chi connectivity index (χ4n) is 4.35. The van der Waals surface area contributed by atoms with Crippen LogP contribution in [0.1, 0.15) is 39.3 Å². The molecule has 36 heavy (non-hydrogen) atoms. The van der Waals surface area contributed by atoms with E-state index in [2.05, 4.69) is 40.1 Å². The molecule has 0 atom stereocenters. The van der Waals surface area contributed by atoms with Crippen LogP contribution in [0, 0.1) is 6.92 Å². The number of aryl methyl sites for hydroxylation is 3. The number of nitrogens with zero attached hydrogens (tertiary/aromatic N) is 3. The van der Waals surface area contributed by atoms with Crippen molar-refractivity contribution in [2.75, 3.05) is 11.9 Å². The van der Waals surface area contributed by atoms with Crippen molar-refractivity contribution in [2.45, 2.75) is 39.2 Å². The zero-order valence-electron chi connectivity index (χ0n) is 19.7. The van der Waals surface area contributed by atoms with E-state index in [1.807, 2.05) is 5.38 Å². The molecule has 1 aromatic carbocycles. The Morgan fingerprint density at radius 1 is 1.25 bits per heavy atom. The molecular formula is C26H24N4O4S2. The fourth-order valence-corrected chi connectivity index (χ4v) is 6.13. The molecule has 1 N–H and O–H groups in total. The number of carbonyl (C=O) groups excluding carboxylic acids is 2. The zero-order valence-corrected chi connectivity index (χ0v) is 21.3. The minimum absolute atomic E-state index is 0.0896. The van der Waals surface area contributed by atoms with Crippen LogP contribution in [0.3, 0.4) is 0 Å². The van der Waals surface area contributed by atoms with E-state index in [1.54, 1.807) is 6.92 Å². The monoisotopic (exact) mass is 520 g/mol. The number of fused-ring (bicyclic) bond motifs is 2. The van der Waals surface area contributed by atoms with E-state index in [1.165, 1.54) is 52.3 Å². The molecule has 0 saturated heterocycles. The molecule has 0 fully saturated rings. The number of thiophene rings is 1. The van der Waals surface area contributed by atoms with Crippen molar-refractivity contribution in [3.05, 3.63) is 74.6 Å². The maximum Gasteiger partial charge on any atom is 0.350 e. The first-order chi connectivity index (χ1) is 17.4. The quantitative estimate of drug-likeness (QED) is 0.279. The summed E-state index contributed by atoms with van der Waals surface area (Å²) < 4.78 is 6.34. The molecule has 0 unspecified atom stereocenters. The number of carbonyl (C=O) groups is 2. The summed E-state index contributed by atoms with van der Waals surface area (Å²) in [6.07, 6.45) is 7.41. The van der Waals surface area contributed by atoms with Crippen molar-refractivity contribution in [2.24, 2.45) is 0 Å². The van der Waals surface area contributed by atoms with Gasteiger partial charge in [0.2, 0.25) is 5.91 Å². The highest BCUT2D eigenvalue weighted by atomic mass is 32.1. The van der Waals surface area contributed by atoms with Gasteiger partial charge in [-0.1, -0.05) is 42.2 Å². The molecule has 184 valence electrons. The average molecular weight is 521 g/mol. The number of ether oxygens (including phenoxy) is 1. The van der Waals surface area contributed by atoms with Crippen molar-refractivity contribution in [3.63, 3.8) is 0 Å². The van der Waals surface area contributed by atoms with Crippen molar-refractivity contribution >= 4 is 49.9 Å². The van der Waals surface area contributed by atoms with E-state index in [-0.39, 0.29) is 23.8 Å². The SMILES string of the molecule is C=CCOC(=O)c1sc(NC(=O)Cn2cnc3scc(-c4ccc5c(c4)CCCC5)c3c2=O)nc1C. The number of esters is 1. The highest BCUT2D eigenvalue weighted by molar-refractivity contribution is 7.17. The predicted molar refractivity (Wildman–Crippen MR) is 142 cm³/mol. The van der Waals surface area contributed by atoms with Crippen LogP contribution in [0.4, 0.5) is 5.13 Å². The molecule has 3 heterocycles. The Balaban J connectivity index is 1.38. The van der Waals surface area contributed by atoms with Crippen molar-refractivity contribution in [1.82, 2.24) is 14.5 Å². The van der Waals surface area contributed by atoms with E-state index in [0.717, 1.165) is 35.3 Å². The molecule has 0 spiro atoms. The second-order valence-electron chi connectivity index (χ2n) is 8.57. The maximum absolute atomic E-state index is 13.4. The molecule has 0 saturated carbocycles. The van der Waals surface area contributed by atoms with Gasteiger partial charge in [0.15, 0.2) is 5.13 Å². The molecule has 0 radical (unpaired) electrons. The summed E-state index contributed by atoms with van der Waals surface area (Å²) in [6, 6.07) is 6.41. The molecule has 1 aliphatic carbocycles. The van der Waals surface area contributed by atoms with Crippen molar-refractivity contribution in [1.29, 1.82) is 0 Å². The van der Waals surface area contributed by atoms with Gasteiger partial charge in [0.1, 0.15) is 22.9 Å². The van der Waals surface area contributed by atoms with Gasteiger partial charge in [0.25, 0.3) is 5.56 Å². The maximum atomic E-state index is 13.4. The van der Waals surface area contributed by atoms with Crippen LogP contribution in [0.15, 0.2) is 47.4 Å². The number of anilines is 1. The largest absolute Gasteiger partial charge is 0.457 e. The molecule has 4 aromatic rings. The van der Waals surface area contributed by atoms with Crippen LogP contribution in [0.25, 0.3) is 21.3 Å². The molecule has 10 heteroatoms. The predicted octanol–water partition coefficient (Wildman–Crippen LogP) is 4.75. The lowest BCUT2D eigenvalue weighted by Crippen LogP contribution is -2.27. The molecule has 5 rings (SSSR count). The van der Waals surface area contributed by atoms with Crippen LogP contribution in [-0.4, -0.2) is 33.0 Å². The first-order valence-corrected chi connectivity index (χ1v) is 13.3. The summed E-state index contributed by atoms with van der Waals surface area (Å²) in [6.45, 7) is 5.04. The average Bonchev–Trinajstić information content (AvgIpc) is 3.47. The van der Waals surface area contributed by atoms with E-state index >= 15 is 0 Å². The van der Waals surface area contributed by atoms with E-state index in [0.29, 0.717) is 20.8 Å². The lowest BCUT2D eigenvalue weighted by atomic mass is 9.89. The number of amides is 1. The van der Waals surface area contributed by atoms with Gasteiger partial charge in [-0.2, -0.15) is 0 Å². The summed E-state index contributed by atoms with van der Waals surface area (Å²) in [4.78, 5) is 47.8. The Hall–Kier alpha value is -3.63. The first kappa shape index (κ1) is 24.1. The summed E-state index contributed by atoms with van der Waals surface area (Å²) in [5.74, 6) is -0.966. The molecule has 0 bridgehead atoms. The van der Waals surface area contributed by atoms with Crippen LogP contribution in [0.2, 0.25) is 0 Å². The molecular weight excluding hydrogens is 496 g/mol. The normalized spacial score (nSPS) is 12.8. The third-order valence-electron chi connectivity index (χ3n) is 6.09. The van der Waals surface area contributed by atoms with Crippen LogP contribution in [0.5, 0.6) is 0 Å². The number of nitrogens with one attached hydrogen (secondary N) is 1. The van der Waals surface area contributed by atoms with Crippen molar-refractivity contribution in [3.8, 4) is 11.1 Å². The van der Waals surface area contributed by atoms with Gasteiger partial charge in [-0.3, -0.25) is 14.2 Å². The Morgan fingerprint density at radius 2 is 2.06 bits per heavy atom. The van der Waals surface area contributed by atoms with Gasteiger partial charge in [-0.15, -0.1) is 11.3 Å². The number of benzene rings is 1. The highest BCUT2D eigenvalue weighted by Crippen LogP contribution is 2.33. The third-order valence-corrected chi connectivity index (χ3v) is 8.03. The number of rotatable bonds is 7. The molecule has 3 aromatic heterocycles. The van der Waals surface area contributed by atoms with Gasteiger partial charge >= 0.3 is 5.97 Å². The van der Waals surface area contributed by atoms with Gasteiger partial charge in [0.05, 0.1) is 17.4 Å². The van der Waals surface area contributed by atoms with Gasteiger partial charge in [0, 0.05) is 10.9 Å². The minimum Gasteiger partial charge on any atom is -0.457 e. The molecule has 1 aliphatic rings. The number of thiazole rings is 1. The fraction of sp³-hybridized carbons (Fsp3) is 0.269. The summed E-state index contributed by atoms with van der Waals surface area (Å²) in [5.41, 5.74) is 4.75. The Labute approximate surface area is 215 Å². The molecule has 8 nitrogen and oxygen atoms in total. The summed E-state index contributed by atoms with van der Waals surface area (Å²) in [5, 5.41) is 5.40. The summed E-state index contributed by atoms with van der Waals surface area (Å²) in [7, 11) is 0. The Kier molecular flexibility index (Phi) is 6.80. The van der Waals surface area contributed by atoms with Crippen LogP contribution in [-0.2, 0) is 28.9 Å². The zero-order chi connectivity index (χ0) is 25.2. The van der Waals surface area contributed by atoms with Crippen LogP contribution < -0.4 is 10.9 Å². The number of hydrogen-bond acceptors (Lipinski definition) is 8. The lowest BCUT2D eigenvalue weighted by Gasteiger charge is -2.16. The smallest absolute Gasteiger partial charge is 0.350 e. The van der Waals surface area contributed by atoms with Gasteiger partial charge in [-0.05, 0) is 49.3 Å². The van der Waals surface area contributed by atoms with E-state index < -0.39 is 11.9 Å². The van der Waals surface area contributed by atoms with Crippen molar-refractivity contribution < 1.29 is 14.3 Å². The minimum atomic E-state index is -0.525. The lowest BCUT2D eigenvalue weighted by molar-refractivity contribution is -0.116. The third kappa shape index (κ3) is 4.74. The number of hydrogen-bond donors (Lipinski definition) is 1. The van der Waals surface area contributed by atoms with Gasteiger partial charge < -0.3 is 10.1 Å². The number of aromatic nitrogens is 3. The second-order valence-corrected chi connectivity index (χ2v) is 10.4. The molecule has 0 aliphatic heterocycles. The highest BCUT2D eigenvalue weighted by Gasteiger charge is 2.19. The standard InChI is InChI=1S/C26H24N4O4S2/c1-3-10-34-25(33)22-15(2)28-26(36-22)29-20(31)12-30-14-27-23-21(24(30)32)19(13-35-23)18-9-8-16-6-4-5-7-17(16)11-18/h3,8-9,11,13-14H,1,4-7,10,12H2,2H3,(H,28,29,31). The molecule has 1 amide bonds.